The molecule has 0 unspecified atom stereocenters. The van der Waals surface area contributed by atoms with Crippen molar-refractivity contribution in [3.05, 3.63) is 56.3 Å². The highest BCUT2D eigenvalue weighted by Gasteiger charge is 2.27. The summed E-state index contributed by atoms with van der Waals surface area (Å²) in [6, 6.07) is 5.43. The number of hydrogen-bond donors (Lipinski definition) is 1. The number of aromatic nitrogens is 2. The molecule has 9 nitrogen and oxygen atoms in total. The number of benzene rings is 1. The Bertz CT molecular complexity index is 1590. The number of nitrogens with zero attached hydrogens (tertiary/aromatic N) is 2. The summed E-state index contributed by atoms with van der Waals surface area (Å²) < 4.78 is 17.3. The summed E-state index contributed by atoms with van der Waals surface area (Å²) in [6.07, 6.45) is 5.08. The highest BCUT2D eigenvalue weighted by molar-refractivity contribution is 7.17. The van der Waals surface area contributed by atoms with Crippen molar-refractivity contribution in [2.75, 3.05) is 26.1 Å². The lowest BCUT2D eigenvalue weighted by atomic mass is 9.95. The summed E-state index contributed by atoms with van der Waals surface area (Å²) >= 11 is 2.77. The standard InChI is InChI=1S/C27H27N3O6S2/c1-4-36-27(33)23-16-7-5-6-8-20(16)38-25(23)29-21(31)12-30-14-28-24-22(26(30)32)17(13-37-24)15-9-10-18(34-2)19(11-15)35-3/h9-11,13-14H,4-8,12H2,1-3H3,(H,29,31). The molecular formula is C27H27N3O6S2. The number of carbonyl (C=O) groups is 2. The number of ether oxygens (including phenoxy) is 3. The van der Waals surface area contributed by atoms with E-state index in [0.29, 0.717) is 37.8 Å². The first kappa shape index (κ1) is 25.9. The van der Waals surface area contributed by atoms with Crippen LogP contribution >= 0.6 is 22.7 Å². The molecule has 3 heterocycles. The Kier molecular flexibility index (Phi) is 7.48. The molecule has 5 rings (SSSR count). The number of rotatable bonds is 8. The van der Waals surface area contributed by atoms with Crippen LogP contribution in [0.15, 0.2) is 34.7 Å². The SMILES string of the molecule is CCOC(=O)c1c(NC(=O)Cn2cnc3scc(-c4ccc(OC)c(OC)c4)c3c2=O)sc2c1CCCC2. The van der Waals surface area contributed by atoms with E-state index in [1.165, 1.54) is 33.6 Å². The first-order valence-electron chi connectivity index (χ1n) is 12.3. The Labute approximate surface area is 227 Å². The molecule has 0 atom stereocenters. The van der Waals surface area contributed by atoms with Gasteiger partial charge in [0.25, 0.3) is 5.56 Å². The number of aryl methyl sites for hydroxylation is 1. The molecule has 1 N–H and O–H groups in total. The third-order valence-electron chi connectivity index (χ3n) is 6.47. The number of amides is 1. The van der Waals surface area contributed by atoms with Gasteiger partial charge in [-0.1, -0.05) is 6.07 Å². The largest absolute Gasteiger partial charge is 0.493 e. The molecule has 0 spiro atoms. The zero-order valence-electron chi connectivity index (χ0n) is 21.3. The zero-order chi connectivity index (χ0) is 26.8. The smallest absolute Gasteiger partial charge is 0.341 e. The van der Waals surface area contributed by atoms with Crippen LogP contribution in [0.5, 0.6) is 11.5 Å². The van der Waals surface area contributed by atoms with Crippen LogP contribution < -0.4 is 20.3 Å². The van der Waals surface area contributed by atoms with Crippen molar-refractivity contribution in [2.45, 2.75) is 39.2 Å². The highest BCUT2D eigenvalue weighted by Crippen LogP contribution is 2.39. The van der Waals surface area contributed by atoms with E-state index in [-0.39, 0.29) is 18.7 Å². The number of esters is 1. The number of hydrogen-bond acceptors (Lipinski definition) is 9. The van der Waals surface area contributed by atoms with E-state index in [1.54, 1.807) is 33.3 Å². The first-order chi connectivity index (χ1) is 18.4. The number of nitrogens with one attached hydrogen (secondary N) is 1. The Morgan fingerprint density at radius 3 is 2.68 bits per heavy atom. The summed E-state index contributed by atoms with van der Waals surface area (Å²) in [5.74, 6) is 0.282. The molecule has 1 aromatic carbocycles. The Morgan fingerprint density at radius 1 is 1.13 bits per heavy atom. The van der Waals surface area contributed by atoms with Crippen LogP contribution in [0.2, 0.25) is 0 Å². The van der Waals surface area contributed by atoms with Crippen molar-refractivity contribution < 1.29 is 23.8 Å². The van der Waals surface area contributed by atoms with Gasteiger partial charge in [0.1, 0.15) is 16.4 Å². The van der Waals surface area contributed by atoms with Crippen LogP contribution in [0.25, 0.3) is 21.3 Å². The monoisotopic (exact) mass is 553 g/mol. The Morgan fingerprint density at radius 2 is 1.92 bits per heavy atom. The molecule has 1 aliphatic carbocycles. The van der Waals surface area contributed by atoms with Gasteiger partial charge in [0.15, 0.2) is 11.5 Å². The lowest BCUT2D eigenvalue weighted by Crippen LogP contribution is -2.28. The maximum atomic E-state index is 13.5. The molecule has 11 heteroatoms. The first-order valence-corrected chi connectivity index (χ1v) is 13.9. The van der Waals surface area contributed by atoms with E-state index < -0.39 is 11.9 Å². The second-order valence-corrected chi connectivity index (χ2v) is 10.7. The molecule has 0 saturated carbocycles. The normalized spacial score (nSPS) is 12.7. The second-order valence-electron chi connectivity index (χ2n) is 8.76. The number of carbonyl (C=O) groups excluding carboxylic acids is 2. The molecular weight excluding hydrogens is 526 g/mol. The quantitative estimate of drug-likeness (QED) is 0.309. The van der Waals surface area contributed by atoms with Crippen molar-refractivity contribution in [3.8, 4) is 22.6 Å². The van der Waals surface area contributed by atoms with E-state index in [1.807, 2.05) is 11.4 Å². The molecule has 0 bridgehead atoms. The summed E-state index contributed by atoms with van der Waals surface area (Å²) in [7, 11) is 3.12. The van der Waals surface area contributed by atoms with E-state index in [4.69, 9.17) is 14.2 Å². The topological polar surface area (TPSA) is 109 Å². The Balaban J connectivity index is 1.45. The van der Waals surface area contributed by atoms with Crippen LogP contribution in [-0.2, 0) is 28.9 Å². The fraction of sp³-hybridized carbons (Fsp3) is 0.333. The Hall–Kier alpha value is -3.70. The van der Waals surface area contributed by atoms with Gasteiger partial charge in [-0.25, -0.2) is 9.78 Å². The fourth-order valence-electron chi connectivity index (χ4n) is 4.69. The predicted molar refractivity (Wildman–Crippen MR) is 148 cm³/mol. The van der Waals surface area contributed by atoms with Crippen molar-refractivity contribution in [1.29, 1.82) is 0 Å². The van der Waals surface area contributed by atoms with Crippen LogP contribution in [-0.4, -0.2) is 42.3 Å². The van der Waals surface area contributed by atoms with Gasteiger partial charge in [-0.2, -0.15) is 0 Å². The van der Waals surface area contributed by atoms with E-state index in [2.05, 4.69) is 10.3 Å². The number of fused-ring (bicyclic) bond motifs is 2. The second kappa shape index (κ2) is 11.0. The average molecular weight is 554 g/mol. The third kappa shape index (κ3) is 4.79. The molecule has 198 valence electrons. The maximum absolute atomic E-state index is 13.5. The fourth-order valence-corrected chi connectivity index (χ4v) is 6.89. The molecule has 4 aromatic rings. The molecule has 0 fully saturated rings. The van der Waals surface area contributed by atoms with Gasteiger partial charge in [-0.15, -0.1) is 22.7 Å². The third-order valence-corrected chi connectivity index (χ3v) is 8.57. The lowest BCUT2D eigenvalue weighted by Gasteiger charge is -2.12. The minimum Gasteiger partial charge on any atom is -0.493 e. The molecule has 3 aromatic heterocycles. The maximum Gasteiger partial charge on any atom is 0.341 e. The average Bonchev–Trinajstić information content (AvgIpc) is 3.51. The minimum absolute atomic E-state index is 0.242. The lowest BCUT2D eigenvalue weighted by molar-refractivity contribution is -0.116. The van der Waals surface area contributed by atoms with Gasteiger partial charge in [-0.3, -0.25) is 14.2 Å². The highest BCUT2D eigenvalue weighted by atomic mass is 32.1. The van der Waals surface area contributed by atoms with Crippen LogP contribution in [0, 0.1) is 0 Å². The molecule has 0 aliphatic heterocycles. The van der Waals surface area contributed by atoms with Crippen molar-refractivity contribution >= 4 is 49.8 Å². The molecule has 0 radical (unpaired) electrons. The number of anilines is 1. The summed E-state index contributed by atoms with van der Waals surface area (Å²) in [4.78, 5) is 45.4. The van der Waals surface area contributed by atoms with Crippen molar-refractivity contribution in [3.63, 3.8) is 0 Å². The minimum atomic E-state index is -0.430. The van der Waals surface area contributed by atoms with Crippen molar-refractivity contribution in [2.24, 2.45) is 0 Å². The van der Waals surface area contributed by atoms with Crippen LogP contribution in [0.1, 0.15) is 40.6 Å². The molecule has 38 heavy (non-hydrogen) atoms. The van der Waals surface area contributed by atoms with Gasteiger partial charge in [0, 0.05) is 15.8 Å². The van der Waals surface area contributed by atoms with E-state index in [0.717, 1.165) is 41.7 Å². The van der Waals surface area contributed by atoms with Gasteiger partial charge in [0.2, 0.25) is 5.91 Å². The zero-order valence-corrected chi connectivity index (χ0v) is 22.9. The van der Waals surface area contributed by atoms with Crippen LogP contribution in [0.4, 0.5) is 5.00 Å². The number of thiophene rings is 2. The number of methoxy groups -OCH3 is 2. The molecule has 0 saturated heterocycles. The van der Waals surface area contributed by atoms with Gasteiger partial charge in [0.05, 0.1) is 38.1 Å². The van der Waals surface area contributed by atoms with Gasteiger partial charge < -0.3 is 19.5 Å². The molecule has 1 amide bonds. The van der Waals surface area contributed by atoms with E-state index >= 15 is 0 Å². The van der Waals surface area contributed by atoms with E-state index in [9.17, 15) is 14.4 Å². The van der Waals surface area contributed by atoms with Crippen molar-refractivity contribution in [1.82, 2.24) is 9.55 Å². The predicted octanol–water partition coefficient (Wildman–Crippen LogP) is 4.90. The summed E-state index contributed by atoms with van der Waals surface area (Å²) in [5.41, 5.74) is 2.56. The van der Waals surface area contributed by atoms with Crippen LogP contribution in [0.3, 0.4) is 0 Å². The van der Waals surface area contributed by atoms with Gasteiger partial charge in [-0.05, 0) is 55.9 Å². The summed E-state index contributed by atoms with van der Waals surface area (Å²) in [5, 5.41) is 5.63. The van der Waals surface area contributed by atoms with Gasteiger partial charge >= 0.3 is 5.97 Å². The summed E-state index contributed by atoms with van der Waals surface area (Å²) in [6.45, 7) is 1.76. The molecule has 1 aliphatic rings.